The Morgan fingerprint density at radius 2 is 1.02 bits per heavy atom. The second-order valence-corrected chi connectivity index (χ2v) is 22.2. The van der Waals surface area contributed by atoms with Gasteiger partial charge in [-0.3, -0.25) is 9.59 Å². The summed E-state index contributed by atoms with van der Waals surface area (Å²) in [4.78, 5) is 41.6. The SMILES string of the molecule is COc1cccc(OC)c1C(=O)[P+](=O)CCCCCCCCCc1ccccc1.Cc1cc(C)c(C(=O)P(=O)(C(=O)c2c(C)cc(C)cc2C)c2cc(C(C)C)ccc2C(C)C)c(C)c1. The maximum absolute atomic E-state index is 15.4. The van der Waals surface area contributed by atoms with E-state index >= 15 is 4.57 Å². The summed E-state index contributed by atoms with van der Waals surface area (Å²) in [5.41, 5.74) is 7.75. The molecule has 0 bridgehead atoms. The molecule has 1 unspecified atom stereocenters. The zero-order valence-corrected chi connectivity index (χ0v) is 42.7. The molecule has 9 heteroatoms. The number of ether oxygens (including phenoxy) is 2. The first-order valence-corrected chi connectivity index (χ1v) is 26.3. The van der Waals surface area contributed by atoms with Gasteiger partial charge in [-0.2, -0.15) is 0 Å². The van der Waals surface area contributed by atoms with Crippen LogP contribution in [0.1, 0.15) is 166 Å². The Morgan fingerprint density at radius 3 is 1.46 bits per heavy atom. The third kappa shape index (κ3) is 13.3. The third-order valence-corrected chi connectivity index (χ3v) is 16.1. The zero-order valence-electron chi connectivity index (χ0n) is 40.9. The lowest BCUT2D eigenvalue weighted by molar-refractivity contribution is 0.103. The fourth-order valence-electron chi connectivity index (χ4n) is 8.74. The number of benzene rings is 5. The summed E-state index contributed by atoms with van der Waals surface area (Å²) in [5.74, 6) is 0.978. The number of carbonyl (C=O) groups is 3. The van der Waals surface area contributed by atoms with Crippen molar-refractivity contribution in [1.82, 2.24) is 0 Å². The minimum atomic E-state index is -4.27. The monoisotopic (exact) mass is 917 g/mol. The molecule has 1 atom stereocenters. The average molecular weight is 918 g/mol. The normalized spacial score (nSPS) is 11.6. The first kappa shape index (κ1) is 52.7. The Balaban J connectivity index is 0.000000292. The van der Waals surface area contributed by atoms with Crippen molar-refractivity contribution in [3.05, 3.63) is 158 Å². The van der Waals surface area contributed by atoms with E-state index in [-0.39, 0.29) is 22.9 Å². The van der Waals surface area contributed by atoms with Crippen molar-refractivity contribution in [2.45, 2.75) is 132 Å². The molecule has 0 aliphatic heterocycles. The van der Waals surface area contributed by atoms with E-state index in [2.05, 4.69) is 44.2 Å². The molecule has 65 heavy (non-hydrogen) atoms. The molecule has 5 aromatic carbocycles. The van der Waals surface area contributed by atoms with E-state index in [4.69, 9.17) is 9.47 Å². The van der Waals surface area contributed by atoms with Crippen LogP contribution >= 0.6 is 14.9 Å². The van der Waals surface area contributed by atoms with E-state index < -0.39 is 26.0 Å². The van der Waals surface area contributed by atoms with Gasteiger partial charge in [-0.15, -0.1) is 0 Å². The summed E-state index contributed by atoms with van der Waals surface area (Å²) in [6, 6.07) is 29.3. The van der Waals surface area contributed by atoms with Crippen LogP contribution in [-0.2, 0) is 15.6 Å². The standard InChI is InChI=1S/C32H39O3P.C24H32O4P/c1-18(2)26-11-12-27(19(3)4)28(17-26)36(35,31(33)29-22(7)13-20(5)14-23(29)8)32(34)30-24(9)15-21(6)16-25(30)10;1-27-21-17-13-18-22(28-2)23(21)24(25)29(26)19-12-7-5-3-4-6-9-14-20-15-10-8-11-16-20/h11-19H,1-10H3;8,10-11,13,15-18H,3-7,9,12,14,19H2,1-2H3/q;+1. The molecular weight excluding hydrogens is 847 g/mol. The van der Waals surface area contributed by atoms with Crippen LogP contribution in [0.15, 0.2) is 91.0 Å². The fraction of sp³-hybridized carbons (Fsp3) is 0.411. The van der Waals surface area contributed by atoms with Gasteiger partial charge in [0.15, 0.2) is 11.7 Å². The van der Waals surface area contributed by atoms with Gasteiger partial charge in [0.2, 0.25) is 18.2 Å². The highest BCUT2D eigenvalue weighted by atomic mass is 31.2. The Labute approximate surface area is 390 Å². The summed E-state index contributed by atoms with van der Waals surface area (Å²) in [5, 5.41) is 0.387. The Bertz CT molecular complexity index is 2380. The lowest BCUT2D eigenvalue weighted by atomic mass is 9.97. The molecule has 0 aliphatic carbocycles. The minimum absolute atomic E-state index is 0.00411. The Hall–Kier alpha value is -4.96. The van der Waals surface area contributed by atoms with Crippen LogP contribution in [0.5, 0.6) is 11.5 Å². The number of rotatable bonds is 21. The quantitative estimate of drug-likeness (QED) is 0.0533. The molecule has 0 saturated carbocycles. The number of aryl methyl sites for hydroxylation is 7. The van der Waals surface area contributed by atoms with E-state index in [9.17, 15) is 18.9 Å². The van der Waals surface area contributed by atoms with Gasteiger partial charge < -0.3 is 14.0 Å². The molecule has 0 amide bonds. The fourth-order valence-corrected chi connectivity index (χ4v) is 12.9. The number of methoxy groups -OCH3 is 2. The highest BCUT2D eigenvalue weighted by molar-refractivity contribution is 8.01. The Kier molecular flexibility index (Phi) is 19.9. The smallest absolute Gasteiger partial charge is 0.420 e. The van der Waals surface area contributed by atoms with Crippen molar-refractivity contribution in [1.29, 1.82) is 0 Å². The van der Waals surface area contributed by atoms with Crippen molar-refractivity contribution < 1.29 is 33.0 Å². The van der Waals surface area contributed by atoms with E-state index in [1.807, 2.05) is 97.9 Å². The molecule has 0 fully saturated rings. The van der Waals surface area contributed by atoms with Gasteiger partial charge >= 0.3 is 13.3 Å². The van der Waals surface area contributed by atoms with Gasteiger partial charge in [-0.05, 0) is 136 Å². The first-order valence-electron chi connectivity index (χ1n) is 23.1. The van der Waals surface area contributed by atoms with Gasteiger partial charge in [-0.1, -0.05) is 142 Å². The Morgan fingerprint density at radius 1 is 0.554 bits per heavy atom. The number of carbonyl (C=O) groups excluding carboxylic acids is 3. The molecular formula is C56H71O7P2+. The average Bonchev–Trinajstić information content (AvgIpc) is 3.26. The maximum Gasteiger partial charge on any atom is 0.420 e. The molecule has 5 aromatic rings. The van der Waals surface area contributed by atoms with Crippen molar-refractivity contribution in [3.8, 4) is 11.5 Å². The maximum atomic E-state index is 15.4. The summed E-state index contributed by atoms with van der Waals surface area (Å²) >= 11 is 0. The van der Waals surface area contributed by atoms with Gasteiger partial charge in [0.1, 0.15) is 11.5 Å². The molecule has 5 rings (SSSR count). The second-order valence-electron chi connectivity index (χ2n) is 18.0. The summed E-state index contributed by atoms with van der Waals surface area (Å²) < 4.78 is 38.4. The van der Waals surface area contributed by atoms with Gasteiger partial charge in [0.25, 0.3) is 0 Å². The van der Waals surface area contributed by atoms with Crippen LogP contribution in [0.4, 0.5) is 0 Å². The van der Waals surface area contributed by atoms with Gasteiger partial charge in [-0.25, -0.2) is 4.79 Å². The summed E-state index contributed by atoms with van der Waals surface area (Å²) in [6.07, 6.45) is 9.41. The highest BCUT2D eigenvalue weighted by Crippen LogP contribution is 2.54. The van der Waals surface area contributed by atoms with Crippen molar-refractivity contribution in [2.75, 3.05) is 20.4 Å². The predicted octanol–water partition coefficient (Wildman–Crippen LogP) is 15.1. The predicted molar refractivity (Wildman–Crippen MR) is 271 cm³/mol. The topological polar surface area (TPSA) is 104 Å². The molecule has 346 valence electrons. The highest BCUT2D eigenvalue weighted by Gasteiger charge is 2.46. The summed E-state index contributed by atoms with van der Waals surface area (Å²) in [6.45, 7) is 19.5. The van der Waals surface area contributed by atoms with Crippen LogP contribution in [-0.4, -0.2) is 37.0 Å². The third-order valence-electron chi connectivity index (χ3n) is 12.1. The molecule has 0 aliphatic rings. The number of hydrogen-bond donors (Lipinski definition) is 0. The molecule has 0 heterocycles. The van der Waals surface area contributed by atoms with E-state index in [0.717, 1.165) is 70.2 Å². The molecule has 0 N–H and O–H groups in total. The van der Waals surface area contributed by atoms with Crippen LogP contribution in [0.3, 0.4) is 0 Å². The van der Waals surface area contributed by atoms with Crippen LogP contribution in [0.25, 0.3) is 0 Å². The second kappa shape index (κ2) is 24.5. The molecule has 7 nitrogen and oxygen atoms in total. The number of hydrogen-bond acceptors (Lipinski definition) is 7. The van der Waals surface area contributed by atoms with E-state index in [1.54, 1.807) is 18.2 Å². The zero-order chi connectivity index (χ0) is 48.0. The number of unbranched alkanes of at least 4 members (excludes halogenated alkanes) is 6. The van der Waals surface area contributed by atoms with Crippen molar-refractivity contribution in [3.63, 3.8) is 0 Å². The molecule has 0 aromatic heterocycles. The molecule has 0 radical (unpaired) electrons. The molecule has 0 spiro atoms. The molecule has 0 saturated heterocycles. The van der Waals surface area contributed by atoms with Crippen molar-refractivity contribution >= 4 is 36.8 Å². The minimum Gasteiger partial charge on any atom is -0.496 e. The lowest BCUT2D eigenvalue weighted by Crippen LogP contribution is -2.26. The summed E-state index contributed by atoms with van der Waals surface area (Å²) in [7, 11) is -3.24. The van der Waals surface area contributed by atoms with Crippen LogP contribution in [0, 0.1) is 41.5 Å². The van der Waals surface area contributed by atoms with Crippen LogP contribution < -0.4 is 14.8 Å². The van der Waals surface area contributed by atoms with E-state index in [0.29, 0.717) is 34.1 Å². The van der Waals surface area contributed by atoms with Crippen LogP contribution in [0.2, 0.25) is 0 Å². The lowest BCUT2D eigenvalue weighted by Gasteiger charge is -2.25. The van der Waals surface area contributed by atoms with Gasteiger partial charge in [0, 0.05) is 16.4 Å². The van der Waals surface area contributed by atoms with E-state index in [1.165, 1.54) is 45.5 Å². The first-order chi connectivity index (χ1) is 30.9. The van der Waals surface area contributed by atoms with Gasteiger partial charge in [0.05, 0.1) is 14.2 Å². The van der Waals surface area contributed by atoms with Crippen molar-refractivity contribution in [2.24, 2.45) is 0 Å². The largest absolute Gasteiger partial charge is 0.496 e.